The van der Waals surface area contributed by atoms with Crippen LogP contribution in [0.3, 0.4) is 0 Å². The van der Waals surface area contributed by atoms with Crippen LogP contribution in [0, 0.1) is 0 Å². The van der Waals surface area contributed by atoms with Gasteiger partial charge in [0.1, 0.15) is 13.3 Å². The molecular formula is C14H19FN2O2. The Morgan fingerprint density at radius 1 is 1.42 bits per heavy atom. The van der Waals surface area contributed by atoms with Gasteiger partial charge in [-0.3, -0.25) is 0 Å². The number of piperidine rings is 1. The highest BCUT2D eigenvalue weighted by Crippen LogP contribution is 2.18. The van der Waals surface area contributed by atoms with Gasteiger partial charge >= 0.3 is 6.09 Å². The molecule has 1 saturated heterocycles. The van der Waals surface area contributed by atoms with Gasteiger partial charge in [-0.2, -0.15) is 0 Å². The fourth-order valence-electron chi connectivity index (χ4n) is 2.31. The third kappa shape index (κ3) is 3.44. The van der Waals surface area contributed by atoms with E-state index in [9.17, 15) is 9.18 Å². The number of likely N-dealkylation sites (tertiary alicyclic amines) is 1. The van der Waals surface area contributed by atoms with Gasteiger partial charge in [-0.15, -0.1) is 0 Å². The number of carbonyl (C=O) groups excluding carboxylic acids is 1. The Kier molecular flexibility index (Phi) is 4.74. The molecule has 0 bridgehead atoms. The molecule has 1 heterocycles. The Morgan fingerprint density at radius 3 is 2.84 bits per heavy atom. The van der Waals surface area contributed by atoms with Gasteiger partial charge in [0.25, 0.3) is 0 Å². The van der Waals surface area contributed by atoms with E-state index in [1.165, 1.54) is 4.90 Å². The van der Waals surface area contributed by atoms with E-state index < -0.39 is 18.8 Å². The first-order chi connectivity index (χ1) is 9.22. The lowest BCUT2D eigenvalue weighted by molar-refractivity contribution is 0.0546. The highest BCUT2D eigenvalue weighted by Gasteiger charge is 2.33. The molecule has 1 fully saturated rings. The van der Waals surface area contributed by atoms with Crippen molar-refractivity contribution >= 4 is 6.09 Å². The predicted octanol–water partition coefficient (Wildman–Crippen LogP) is 2.08. The molecule has 104 valence electrons. The summed E-state index contributed by atoms with van der Waals surface area (Å²) in [5, 5.41) is 0. The number of alkyl halides is 1. The predicted molar refractivity (Wildman–Crippen MR) is 70.3 cm³/mol. The summed E-state index contributed by atoms with van der Waals surface area (Å²) in [7, 11) is 0. The maximum atomic E-state index is 13.0. The van der Waals surface area contributed by atoms with Crippen molar-refractivity contribution < 1.29 is 13.9 Å². The van der Waals surface area contributed by atoms with Crippen LogP contribution in [0.2, 0.25) is 0 Å². The average Bonchev–Trinajstić information content (AvgIpc) is 2.45. The molecule has 0 aliphatic carbocycles. The van der Waals surface area contributed by atoms with Crippen LogP contribution in [0.25, 0.3) is 0 Å². The summed E-state index contributed by atoms with van der Waals surface area (Å²) in [6.07, 6.45) is 1.05. The number of hydrogen-bond acceptors (Lipinski definition) is 3. The highest BCUT2D eigenvalue weighted by atomic mass is 19.1. The Hall–Kier alpha value is -1.62. The first-order valence-corrected chi connectivity index (χ1v) is 6.51. The Bertz CT molecular complexity index is 413. The molecule has 2 N–H and O–H groups in total. The number of halogens is 1. The van der Waals surface area contributed by atoms with Gasteiger partial charge in [0.15, 0.2) is 0 Å². The molecule has 5 heteroatoms. The van der Waals surface area contributed by atoms with Gasteiger partial charge in [0.2, 0.25) is 0 Å². The van der Waals surface area contributed by atoms with Crippen molar-refractivity contribution in [3.63, 3.8) is 0 Å². The van der Waals surface area contributed by atoms with E-state index in [2.05, 4.69) is 0 Å². The molecule has 4 nitrogen and oxygen atoms in total. The third-order valence-corrected chi connectivity index (χ3v) is 3.43. The van der Waals surface area contributed by atoms with Crippen LogP contribution in [0.15, 0.2) is 30.3 Å². The maximum absolute atomic E-state index is 13.0. The zero-order valence-electron chi connectivity index (χ0n) is 10.8. The lowest BCUT2D eigenvalue weighted by Gasteiger charge is -2.37. The van der Waals surface area contributed by atoms with Crippen LogP contribution in [0.4, 0.5) is 9.18 Å². The quantitative estimate of drug-likeness (QED) is 0.911. The number of benzene rings is 1. The molecule has 0 radical (unpaired) electrons. The van der Waals surface area contributed by atoms with Gasteiger partial charge < -0.3 is 15.4 Å². The molecule has 2 atom stereocenters. The van der Waals surface area contributed by atoms with Crippen LogP contribution in [0.1, 0.15) is 18.4 Å². The van der Waals surface area contributed by atoms with E-state index in [-0.39, 0.29) is 12.6 Å². The fourth-order valence-corrected chi connectivity index (χ4v) is 2.31. The molecule has 1 aliphatic heterocycles. The van der Waals surface area contributed by atoms with E-state index in [1.54, 1.807) is 0 Å². The van der Waals surface area contributed by atoms with E-state index in [0.717, 1.165) is 18.4 Å². The molecular weight excluding hydrogens is 247 g/mol. The average molecular weight is 266 g/mol. The summed E-state index contributed by atoms with van der Waals surface area (Å²) in [5.74, 6) is 0. The van der Waals surface area contributed by atoms with E-state index >= 15 is 0 Å². The Balaban J connectivity index is 1.91. The van der Waals surface area contributed by atoms with Crippen LogP contribution in [-0.2, 0) is 11.3 Å². The number of hydrogen-bond donors (Lipinski definition) is 1. The van der Waals surface area contributed by atoms with Crippen LogP contribution < -0.4 is 5.73 Å². The van der Waals surface area contributed by atoms with Crippen molar-refractivity contribution in [1.82, 2.24) is 4.90 Å². The lowest BCUT2D eigenvalue weighted by atomic mass is 9.98. The smallest absolute Gasteiger partial charge is 0.410 e. The van der Waals surface area contributed by atoms with Crippen molar-refractivity contribution in [2.75, 3.05) is 13.2 Å². The van der Waals surface area contributed by atoms with Gasteiger partial charge in [0.05, 0.1) is 6.04 Å². The van der Waals surface area contributed by atoms with Crippen molar-refractivity contribution in [3.05, 3.63) is 35.9 Å². The summed E-state index contributed by atoms with van der Waals surface area (Å²) in [6, 6.07) is 8.55. The molecule has 1 aliphatic rings. The van der Waals surface area contributed by atoms with Crippen molar-refractivity contribution in [2.45, 2.75) is 31.5 Å². The monoisotopic (exact) mass is 266 g/mol. The van der Waals surface area contributed by atoms with Gasteiger partial charge in [-0.05, 0) is 18.4 Å². The minimum Gasteiger partial charge on any atom is -0.445 e. The Morgan fingerprint density at radius 2 is 2.16 bits per heavy atom. The molecule has 2 rings (SSSR count). The minimum atomic E-state index is -0.623. The largest absolute Gasteiger partial charge is 0.445 e. The van der Waals surface area contributed by atoms with Crippen LogP contribution in [-0.4, -0.2) is 36.3 Å². The SMILES string of the molecule is N[C@@H]1CCCN(C(=O)OCc2ccccc2)[C@H]1CF. The standard InChI is InChI=1S/C14H19FN2O2/c15-9-13-12(16)7-4-8-17(13)14(18)19-10-11-5-2-1-3-6-11/h1-3,5-6,12-13H,4,7-10,16H2/t12-,13+/m1/s1. The summed E-state index contributed by atoms with van der Waals surface area (Å²) in [5.41, 5.74) is 6.75. The van der Waals surface area contributed by atoms with Crippen molar-refractivity contribution in [2.24, 2.45) is 5.73 Å². The van der Waals surface area contributed by atoms with E-state index in [4.69, 9.17) is 10.5 Å². The lowest BCUT2D eigenvalue weighted by Crippen LogP contribution is -2.55. The van der Waals surface area contributed by atoms with Crippen molar-refractivity contribution in [1.29, 1.82) is 0 Å². The second-order valence-corrected chi connectivity index (χ2v) is 4.76. The molecule has 1 aromatic rings. The second-order valence-electron chi connectivity index (χ2n) is 4.76. The first kappa shape index (κ1) is 13.8. The van der Waals surface area contributed by atoms with Gasteiger partial charge in [-0.25, -0.2) is 9.18 Å². The maximum Gasteiger partial charge on any atom is 0.410 e. The van der Waals surface area contributed by atoms with Crippen LogP contribution in [0.5, 0.6) is 0 Å². The first-order valence-electron chi connectivity index (χ1n) is 6.51. The molecule has 0 saturated carbocycles. The fraction of sp³-hybridized carbons (Fsp3) is 0.500. The number of rotatable bonds is 3. The summed E-state index contributed by atoms with van der Waals surface area (Å²) in [6.45, 7) is 0.0852. The number of amides is 1. The molecule has 0 spiro atoms. The Labute approximate surface area is 112 Å². The van der Waals surface area contributed by atoms with E-state index in [0.29, 0.717) is 6.54 Å². The summed E-state index contributed by atoms with van der Waals surface area (Å²) >= 11 is 0. The number of ether oxygens (including phenoxy) is 1. The summed E-state index contributed by atoms with van der Waals surface area (Å²) in [4.78, 5) is 13.4. The summed E-state index contributed by atoms with van der Waals surface area (Å²) < 4.78 is 18.2. The van der Waals surface area contributed by atoms with E-state index in [1.807, 2.05) is 30.3 Å². The molecule has 0 aromatic heterocycles. The molecule has 0 unspecified atom stereocenters. The topological polar surface area (TPSA) is 55.6 Å². The highest BCUT2D eigenvalue weighted by molar-refractivity contribution is 5.68. The number of carbonyl (C=O) groups is 1. The normalized spacial score (nSPS) is 23.2. The zero-order valence-corrected chi connectivity index (χ0v) is 10.8. The number of nitrogens with zero attached hydrogens (tertiary/aromatic N) is 1. The van der Waals surface area contributed by atoms with Crippen LogP contribution >= 0.6 is 0 Å². The molecule has 1 aromatic carbocycles. The zero-order chi connectivity index (χ0) is 13.7. The molecule has 19 heavy (non-hydrogen) atoms. The minimum absolute atomic E-state index is 0.199. The third-order valence-electron chi connectivity index (χ3n) is 3.43. The van der Waals surface area contributed by atoms with Gasteiger partial charge in [-0.1, -0.05) is 30.3 Å². The molecule has 1 amide bonds. The van der Waals surface area contributed by atoms with Crippen molar-refractivity contribution in [3.8, 4) is 0 Å². The second kappa shape index (κ2) is 6.52. The number of nitrogens with two attached hydrogens (primary N) is 1. The van der Waals surface area contributed by atoms with Gasteiger partial charge in [0, 0.05) is 12.6 Å².